The first-order valence-corrected chi connectivity index (χ1v) is 57.0. The summed E-state index contributed by atoms with van der Waals surface area (Å²) in [5.74, 6) is 2.39. The maximum absolute atomic E-state index is 12.5. The van der Waals surface area contributed by atoms with Crippen molar-refractivity contribution in [1.82, 2.24) is 24.5 Å². The van der Waals surface area contributed by atoms with E-state index in [-0.39, 0.29) is 16.8 Å². The molecule has 0 radical (unpaired) electrons. The molecule has 4 aliphatic rings. The molecule has 12 rings (SSSR count). The van der Waals surface area contributed by atoms with Crippen molar-refractivity contribution in [2.75, 3.05) is 80.2 Å². The molecule has 4 heterocycles. The highest BCUT2D eigenvalue weighted by molar-refractivity contribution is 6.31. The Morgan fingerprint density at radius 2 is 0.610 bits per heavy atom. The maximum atomic E-state index is 12.5. The number of likely N-dealkylation sites (tertiary alicyclic amines) is 4. The largest absolute Gasteiger partial charge is 0.497 e. The zero-order valence-corrected chi connectivity index (χ0v) is 104. The molecule has 8 nitrogen and oxygen atoms in total. The molecule has 0 aliphatic carbocycles. The Labute approximate surface area is 909 Å². The lowest BCUT2D eigenvalue weighted by molar-refractivity contribution is 0.110. The van der Waals surface area contributed by atoms with Gasteiger partial charge in [0.15, 0.2) is 11.5 Å². The molecule has 8 aromatic rings. The number of aryl methyl sites for hydroxylation is 5. The molecule has 828 valence electrons. The Morgan fingerprint density at radius 1 is 0.288 bits per heavy atom. The van der Waals surface area contributed by atoms with Gasteiger partial charge >= 0.3 is 0 Å². The number of nitrogens with zero attached hydrogens (tertiary/aromatic N) is 5. The number of benzene rings is 8. The second kappa shape index (κ2) is 67.6. The van der Waals surface area contributed by atoms with Crippen LogP contribution in [-0.2, 0) is 51.5 Å². The number of ether oxygens (including phenoxy) is 3. The van der Waals surface area contributed by atoms with Crippen molar-refractivity contribution in [3.05, 3.63) is 266 Å². The van der Waals surface area contributed by atoms with Gasteiger partial charge in [0.2, 0.25) is 0 Å². The van der Waals surface area contributed by atoms with Crippen molar-refractivity contribution in [3.63, 3.8) is 0 Å². The molecule has 0 amide bonds. The van der Waals surface area contributed by atoms with Crippen molar-refractivity contribution < 1.29 is 18.6 Å². The molecule has 8 aromatic carbocycles. The van der Waals surface area contributed by atoms with Gasteiger partial charge in [0.05, 0.1) is 21.3 Å². The van der Waals surface area contributed by atoms with Gasteiger partial charge in [-0.25, -0.2) is 4.39 Å². The number of hydrogen-bond acceptors (Lipinski definition) is 8. The van der Waals surface area contributed by atoms with E-state index in [0.29, 0.717) is 54.6 Å². The van der Waals surface area contributed by atoms with Gasteiger partial charge in [0.1, 0.15) is 11.6 Å². The third-order valence-corrected chi connectivity index (χ3v) is 26.5. The average molecular weight is 2030 g/mol. The lowest BCUT2D eigenvalue weighted by Crippen LogP contribution is -2.44. The number of halogens is 2. The number of methoxy groups -OCH3 is 3. The normalized spacial score (nSPS) is 14.9. The van der Waals surface area contributed by atoms with E-state index >= 15 is 0 Å². The molecule has 4 fully saturated rings. The molecule has 10 heteroatoms. The SMILES string of the molecule is CC(C)(C)CCc1ccccc1Cl.CC(C)(C)Cc1ccc(F)cc1.CC(C)(C)N1CCCCC1.CC(C)(C)N1CCCCC1.CC(C)(C)N1CCCCC1.CC(C)(C)N1CCCCCC1.CCN(Cc1ccccc1)C(C)(C)C.COc1ccc(CC(C)(C)C)cc1.COc1ccc(CCCC(C)(C)C)cc1OC.Cc1cccc(CC(C)(C)C)c1.Cc1cccc(CC(C)(C)C)c1.Cc1ccccc1CC(C)(C)C. The van der Waals surface area contributed by atoms with Gasteiger partial charge in [-0.15, -0.1) is 0 Å². The number of piperidine rings is 3. The second-order valence-electron chi connectivity index (χ2n) is 55.2. The summed E-state index contributed by atoms with van der Waals surface area (Å²) in [6.07, 6.45) is 29.8. The van der Waals surface area contributed by atoms with Gasteiger partial charge in [0, 0.05) is 39.3 Å². The highest BCUT2D eigenvalue weighted by atomic mass is 35.5. The van der Waals surface area contributed by atoms with Crippen molar-refractivity contribution >= 4 is 11.6 Å². The van der Waals surface area contributed by atoms with Crippen LogP contribution in [0.3, 0.4) is 0 Å². The fourth-order valence-corrected chi connectivity index (χ4v) is 18.2. The summed E-state index contributed by atoms with van der Waals surface area (Å²) in [6, 6.07) is 66.0. The molecule has 0 spiro atoms. The maximum Gasteiger partial charge on any atom is 0.160 e. The van der Waals surface area contributed by atoms with Gasteiger partial charge in [0.25, 0.3) is 0 Å². The third-order valence-electron chi connectivity index (χ3n) is 26.1. The molecular formula is C136H227ClFN5O3. The standard InChI is InChI=1S/C15H24O2.C13H21N.C12H17Cl.C12H18O.3C12H18.C11H15F.C10H21N.3C9H19N/c1-15(2,3)10-6-7-12-8-9-13(16-4)14(11-12)17-5;1-5-14(13(2,3)4)11-12-9-7-6-8-10-12;1-12(2,3)9-8-10-6-4-5-7-11(10)13;1-12(2,3)9-10-5-7-11(13-4)8-6-10;2*1-10-6-5-7-11(8-10)9-12(2,3)4;1-10-7-5-6-8-11(10)9-12(2,3)4;1-11(2,3)8-9-4-6-10(12)7-5-9;1-10(2,3)11-8-6-4-5-7-9-11;3*1-9(2,3)10-7-5-4-6-8-10/h8-9,11H,6-7,10H2,1-5H3;6-10H,5,11H2,1-4H3;4-7H,8-9H2,1-3H3;5-8H,9H2,1-4H3;3*5-8H,9H2,1-4H3;4-7H,8H2,1-3H3;4-9H2,1-3H3;3*4-8H2,1-3H3. The molecular weight excluding hydrogens is 1810 g/mol. The first-order chi connectivity index (χ1) is 67.3. The van der Waals surface area contributed by atoms with Crippen LogP contribution < -0.4 is 14.2 Å². The third kappa shape index (κ3) is 71.1. The van der Waals surface area contributed by atoms with Gasteiger partial charge < -0.3 is 14.2 Å². The van der Waals surface area contributed by atoms with Crippen molar-refractivity contribution in [2.24, 2.45) is 37.9 Å². The van der Waals surface area contributed by atoms with E-state index in [1.807, 2.05) is 48.5 Å². The lowest BCUT2D eigenvalue weighted by Gasteiger charge is -2.38. The van der Waals surface area contributed by atoms with Crippen molar-refractivity contribution in [1.29, 1.82) is 0 Å². The number of rotatable bonds is 16. The summed E-state index contributed by atoms with van der Waals surface area (Å²) in [5, 5.41) is 0.895. The fourth-order valence-electron chi connectivity index (χ4n) is 18.0. The zero-order chi connectivity index (χ0) is 111. The summed E-state index contributed by atoms with van der Waals surface area (Å²) in [6.45, 7) is 103. The summed E-state index contributed by atoms with van der Waals surface area (Å²) in [7, 11) is 5.03. The summed E-state index contributed by atoms with van der Waals surface area (Å²) < 4.78 is 28.1. The van der Waals surface area contributed by atoms with E-state index in [1.54, 1.807) is 21.3 Å². The van der Waals surface area contributed by atoms with E-state index in [1.165, 1.54) is 235 Å². The summed E-state index contributed by atoms with van der Waals surface area (Å²) in [4.78, 5) is 12.8. The van der Waals surface area contributed by atoms with Crippen LogP contribution in [0.5, 0.6) is 17.2 Å². The van der Waals surface area contributed by atoms with Gasteiger partial charge in [-0.05, 0) is 430 Å². The van der Waals surface area contributed by atoms with E-state index in [9.17, 15) is 4.39 Å². The van der Waals surface area contributed by atoms with Crippen molar-refractivity contribution in [2.45, 2.75) is 459 Å². The monoisotopic (exact) mass is 2030 g/mol. The van der Waals surface area contributed by atoms with E-state index < -0.39 is 0 Å². The van der Waals surface area contributed by atoms with Crippen LogP contribution >= 0.6 is 11.6 Å². The molecule has 0 atom stereocenters. The molecule has 146 heavy (non-hydrogen) atoms. The molecule has 0 aromatic heterocycles. The predicted octanol–water partition coefficient (Wildman–Crippen LogP) is 38.6. The molecule has 0 N–H and O–H groups in total. The fraction of sp³-hybridized carbons (Fsp3) is 0.647. The van der Waals surface area contributed by atoms with Gasteiger partial charge in [-0.1, -0.05) is 359 Å². The minimum Gasteiger partial charge on any atom is -0.497 e. The van der Waals surface area contributed by atoms with E-state index in [2.05, 4.69) is 435 Å². The van der Waals surface area contributed by atoms with Crippen molar-refractivity contribution in [3.8, 4) is 17.2 Å². The van der Waals surface area contributed by atoms with Gasteiger partial charge in [-0.3, -0.25) is 24.5 Å². The summed E-state index contributed by atoms with van der Waals surface area (Å²) >= 11 is 6.05. The second-order valence-corrected chi connectivity index (χ2v) is 55.6. The Morgan fingerprint density at radius 3 is 0.925 bits per heavy atom. The Balaban J connectivity index is 0.000000798. The quantitative estimate of drug-likeness (QED) is 0.0948. The predicted molar refractivity (Wildman–Crippen MR) is 647 cm³/mol. The topological polar surface area (TPSA) is 43.9 Å². The highest BCUT2D eigenvalue weighted by Gasteiger charge is 2.28. The first kappa shape index (κ1) is 137. The zero-order valence-electron chi connectivity index (χ0n) is 103. The average Bonchev–Trinajstić information content (AvgIpc) is 0.900. The van der Waals surface area contributed by atoms with Crippen LogP contribution in [0.4, 0.5) is 4.39 Å². The van der Waals surface area contributed by atoms with Crippen LogP contribution in [-0.4, -0.2) is 132 Å². The van der Waals surface area contributed by atoms with Crippen LogP contribution in [0.15, 0.2) is 194 Å². The van der Waals surface area contributed by atoms with Crippen LogP contribution in [0, 0.1) is 64.5 Å². The Kier molecular flexibility index (Phi) is 63.5. The Bertz CT molecular complexity index is 4510. The summed E-state index contributed by atoms with van der Waals surface area (Å²) in [5.41, 5.74) is 19.5. The molecule has 4 saturated heterocycles. The molecule has 0 unspecified atom stereocenters. The highest BCUT2D eigenvalue weighted by Crippen LogP contribution is 2.34. The van der Waals surface area contributed by atoms with E-state index in [4.69, 9.17) is 25.8 Å². The minimum absolute atomic E-state index is 0.160. The molecule has 4 aliphatic heterocycles. The van der Waals surface area contributed by atoms with Crippen LogP contribution in [0.2, 0.25) is 5.02 Å². The minimum atomic E-state index is -0.160. The molecule has 0 bridgehead atoms. The van der Waals surface area contributed by atoms with E-state index in [0.717, 1.165) is 73.9 Å². The molecule has 0 saturated carbocycles. The van der Waals surface area contributed by atoms with Crippen LogP contribution in [0.1, 0.15) is 420 Å². The first-order valence-electron chi connectivity index (χ1n) is 56.6. The smallest absolute Gasteiger partial charge is 0.160 e. The Hall–Kier alpha value is -6.82. The lowest BCUT2D eigenvalue weighted by atomic mass is 9.86. The van der Waals surface area contributed by atoms with Gasteiger partial charge in [-0.2, -0.15) is 0 Å². The van der Waals surface area contributed by atoms with Crippen LogP contribution in [0.25, 0.3) is 0 Å². The number of hydrogen-bond donors (Lipinski definition) is 0.